The summed E-state index contributed by atoms with van der Waals surface area (Å²) in [6.45, 7) is 4.87. The standard InChI is InChI=1S/C11H22N4S2/c1-13(2)10-12-11(17-16-10)14(3)8-9-15-6-4-5-7-15/h11H,4-9H2,1-3H3. The van der Waals surface area contributed by atoms with E-state index in [4.69, 9.17) is 4.99 Å². The largest absolute Gasteiger partial charge is 0.357 e. The van der Waals surface area contributed by atoms with E-state index < -0.39 is 0 Å². The van der Waals surface area contributed by atoms with Crippen molar-refractivity contribution in [2.75, 3.05) is 47.3 Å². The number of aliphatic imine (C=N–C) groups is 1. The fourth-order valence-corrected chi connectivity index (χ4v) is 4.59. The summed E-state index contributed by atoms with van der Waals surface area (Å²) in [5.41, 5.74) is 0.292. The van der Waals surface area contributed by atoms with E-state index in [1.807, 2.05) is 10.8 Å². The van der Waals surface area contributed by atoms with Crippen molar-refractivity contribution in [3.63, 3.8) is 0 Å². The van der Waals surface area contributed by atoms with E-state index in [0.29, 0.717) is 5.50 Å². The molecular weight excluding hydrogens is 252 g/mol. The fraction of sp³-hybridized carbons (Fsp3) is 0.909. The van der Waals surface area contributed by atoms with Crippen LogP contribution in [0.4, 0.5) is 0 Å². The Hall–Kier alpha value is 0.0900. The summed E-state index contributed by atoms with van der Waals surface area (Å²) < 4.78 is 0. The fourth-order valence-electron chi connectivity index (χ4n) is 2.00. The Bertz CT molecular complexity index is 277. The topological polar surface area (TPSA) is 22.1 Å². The predicted octanol–water partition coefficient (Wildman–Crippen LogP) is 1.61. The van der Waals surface area contributed by atoms with Crippen molar-refractivity contribution >= 4 is 26.8 Å². The first-order valence-electron chi connectivity index (χ1n) is 6.18. The highest BCUT2D eigenvalue weighted by molar-refractivity contribution is 8.82. The lowest BCUT2D eigenvalue weighted by Crippen LogP contribution is -2.35. The molecule has 0 radical (unpaired) electrons. The maximum Gasteiger partial charge on any atom is 0.172 e. The van der Waals surface area contributed by atoms with Gasteiger partial charge in [0, 0.05) is 27.2 Å². The van der Waals surface area contributed by atoms with Crippen LogP contribution in [0, 0.1) is 0 Å². The van der Waals surface area contributed by atoms with Gasteiger partial charge in [-0.25, -0.2) is 4.99 Å². The van der Waals surface area contributed by atoms with Crippen LogP contribution in [0.2, 0.25) is 0 Å². The zero-order valence-corrected chi connectivity index (χ0v) is 12.6. The minimum absolute atomic E-state index is 0.292. The Labute approximate surface area is 112 Å². The van der Waals surface area contributed by atoms with Crippen LogP contribution in [0.3, 0.4) is 0 Å². The van der Waals surface area contributed by atoms with Gasteiger partial charge in [0.2, 0.25) is 0 Å². The number of rotatable bonds is 4. The molecule has 2 rings (SSSR count). The second-order valence-corrected chi connectivity index (χ2v) is 7.06. The van der Waals surface area contributed by atoms with Crippen LogP contribution in [-0.4, -0.2) is 72.7 Å². The molecule has 0 bridgehead atoms. The molecule has 1 fully saturated rings. The molecular formula is C11H22N4S2. The van der Waals surface area contributed by atoms with Crippen LogP contribution in [0.25, 0.3) is 0 Å². The van der Waals surface area contributed by atoms with E-state index in [-0.39, 0.29) is 0 Å². The van der Waals surface area contributed by atoms with Crippen molar-refractivity contribution in [2.24, 2.45) is 4.99 Å². The molecule has 2 aliphatic rings. The zero-order valence-electron chi connectivity index (χ0n) is 10.9. The number of nitrogens with zero attached hydrogens (tertiary/aromatic N) is 4. The van der Waals surface area contributed by atoms with Crippen LogP contribution in [0.5, 0.6) is 0 Å². The number of hydrogen-bond acceptors (Lipinski definition) is 6. The molecule has 1 saturated heterocycles. The van der Waals surface area contributed by atoms with E-state index in [9.17, 15) is 0 Å². The van der Waals surface area contributed by atoms with Gasteiger partial charge in [-0.05, 0) is 54.6 Å². The SMILES string of the molecule is CN(C)C1=NC(N(C)CCN2CCCC2)SS1. The lowest BCUT2D eigenvalue weighted by molar-refractivity contribution is 0.250. The molecule has 2 aliphatic heterocycles. The molecule has 0 saturated carbocycles. The summed E-state index contributed by atoms with van der Waals surface area (Å²) >= 11 is 0. The first-order valence-corrected chi connectivity index (χ1v) is 8.39. The summed E-state index contributed by atoms with van der Waals surface area (Å²) in [6.07, 6.45) is 2.75. The summed E-state index contributed by atoms with van der Waals surface area (Å²) in [4.78, 5) is 11.7. The number of hydrogen-bond donors (Lipinski definition) is 0. The molecule has 0 aromatic carbocycles. The summed E-state index contributed by atoms with van der Waals surface area (Å²) in [5, 5.41) is 1.13. The van der Waals surface area contributed by atoms with Crippen LogP contribution in [0.15, 0.2) is 4.99 Å². The molecule has 6 heteroatoms. The second kappa shape index (κ2) is 6.31. The number of amidine groups is 1. The Kier molecular flexibility index (Phi) is 5.02. The third kappa shape index (κ3) is 3.77. The molecule has 0 aliphatic carbocycles. The quantitative estimate of drug-likeness (QED) is 0.724. The predicted molar refractivity (Wildman–Crippen MR) is 78.4 cm³/mol. The van der Waals surface area contributed by atoms with Gasteiger partial charge >= 0.3 is 0 Å². The van der Waals surface area contributed by atoms with Crippen LogP contribution in [-0.2, 0) is 0 Å². The summed E-state index contributed by atoms with van der Waals surface area (Å²) in [5.74, 6) is 0. The summed E-state index contributed by atoms with van der Waals surface area (Å²) in [6, 6.07) is 0. The molecule has 0 aromatic heterocycles. The average molecular weight is 274 g/mol. The van der Waals surface area contributed by atoms with Crippen molar-refractivity contribution in [2.45, 2.75) is 18.3 Å². The molecule has 1 unspecified atom stereocenters. The van der Waals surface area contributed by atoms with Gasteiger partial charge in [-0.3, -0.25) is 4.90 Å². The van der Waals surface area contributed by atoms with Crippen molar-refractivity contribution in [3.8, 4) is 0 Å². The lowest BCUT2D eigenvalue weighted by atomic mass is 10.4. The van der Waals surface area contributed by atoms with Crippen LogP contribution >= 0.6 is 21.6 Å². The minimum atomic E-state index is 0.292. The van der Waals surface area contributed by atoms with Crippen molar-refractivity contribution < 1.29 is 0 Å². The minimum Gasteiger partial charge on any atom is -0.357 e. The maximum absolute atomic E-state index is 4.71. The third-order valence-corrected chi connectivity index (χ3v) is 5.76. The maximum atomic E-state index is 4.71. The van der Waals surface area contributed by atoms with Crippen LogP contribution < -0.4 is 0 Å². The molecule has 1 atom stereocenters. The van der Waals surface area contributed by atoms with Gasteiger partial charge in [-0.2, -0.15) is 0 Å². The molecule has 4 nitrogen and oxygen atoms in total. The highest BCUT2D eigenvalue weighted by Gasteiger charge is 2.24. The molecule has 0 amide bonds. The van der Waals surface area contributed by atoms with E-state index in [1.54, 1.807) is 10.8 Å². The Morgan fingerprint density at radius 1 is 1.29 bits per heavy atom. The smallest absolute Gasteiger partial charge is 0.172 e. The van der Waals surface area contributed by atoms with E-state index in [0.717, 1.165) is 11.7 Å². The molecule has 17 heavy (non-hydrogen) atoms. The Morgan fingerprint density at radius 3 is 2.59 bits per heavy atom. The lowest BCUT2D eigenvalue weighted by Gasteiger charge is -2.23. The van der Waals surface area contributed by atoms with Gasteiger partial charge in [0.05, 0.1) is 0 Å². The van der Waals surface area contributed by atoms with Gasteiger partial charge in [-0.1, -0.05) is 0 Å². The summed E-state index contributed by atoms with van der Waals surface area (Å²) in [7, 11) is 9.92. The van der Waals surface area contributed by atoms with Gasteiger partial charge in [-0.15, -0.1) is 0 Å². The van der Waals surface area contributed by atoms with Crippen LogP contribution in [0.1, 0.15) is 12.8 Å². The molecule has 0 spiro atoms. The monoisotopic (exact) mass is 274 g/mol. The van der Waals surface area contributed by atoms with Gasteiger partial charge < -0.3 is 9.80 Å². The van der Waals surface area contributed by atoms with Gasteiger partial charge in [0.1, 0.15) is 0 Å². The average Bonchev–Trinajstić information content (AvgIpc) is 2.96. The normalized spacial score (nSPS) is 25.6. The van der Waals surface area contributed by atoms with Crippen molar-refractivity contribution in [1.29, 1.82) is 0 Å². The Morgan fingerprint density at radius 2 is 2.00 bits per heavy atom. The highest BCUT2D eigenvalue weighted by Crippen LogP contribution is 2.37. The molecule has 0 aromatic rings. The van der Waals surface area contributed by atoms with Crippen molar-refractivity contribution in [1.82, 2.24) is 14.7 Å². The second-order valence-electron chi connectivity index (χ2n) is 4.84. The van der Waals surface area contributed by atoms with E-state index >= 15 is 0 Å². The number of likely N-dealkylation sites (N-methyl/N-ethyl adjacent to an activating group) is 1. The highest BCUT2D eigenvalue weighted by atomic mass is 33.1. The van der Waals surface area contributed by atoms with E-state index in [2.05, 4.69) is 35.8 Å². The number of likely N-dealkylation sites (tertiary alicyclic amines) is 1. The zero-order chi connectivity index (χ0) is 12.3. The molecule has 2 heterocycles. The van der Waals surface area contributed by atoms with Gasteiger partial charge in [0.25, 0.3) is 0 Å². The Balaban J connectivity index is 1.74. The first kappa shape index (κ1) is 13.5. The molecule has 98 valence electrons. The van der Waals surface area contributed by atoms with E-state index in [1.165, 1.54) is 32.5 Å². The third-order valence-electron chi connectivity index (χ3n) is 3.16. The van der Waals surface area contributed by atoms with Crippen molar-refractivity contribution in [3.05, 3.63) is 0 Å². The first-order chi connectivity index (χ1) is 8.16. The van der Waals surface area contributed by atoms with Gasteiger partial charge in [0.15, 0.2) is 10.7 Å². The molecule has 0 N–H and O–H groups in total.